The fourth-order valence-electron chi connectivity index (χ4n) is 2.34. The largest absolute Gasteiger partial charge is 0.487 e. The number of allylic oxidation sites excluding steroid dienone is 1. The van der Waals surface area contributed by atoms with Crippen LogP contribution in [0.2, 0.25) is 0 Å². The van der Waals surface area contributed by atoms with E-state index in [1.54, 1.807) is 6.08 Å². The van der Waals surface area contributed by atoms with Gasteiger partial charge in [-0.1, -0.05) is 19.3 Å². The van der Waals surface area contributed by atoms with E-state index >= 15 is 0 Å². The molecule has 2 nitrogen and oxygen atoms in total. The summed E-state index contributed by atoms with van der Waals surface area (Å²) in [5, 5.41) is 0. The number of carbonyl (C=O) groups excluding carboxylic acids is 1. The average molecular weight is 180 g/mol. The van der Waals surface area contributed by atoms with Gasteiger partial charge in [-0.25, -0.2) is 0 Å². The minimum Gasteiger partial charge on any atom is -0.487 e. The van der Waals surface area contributed by atoms with Crippen LogP contribution in [0.1, 0.15) is 39.0 Å². The Morgan fingerprint density at radius 2 is 2.00 bits per heavy atom. The lowest BCUT2D eigenvalue weighted by Gasteiger charge is -2.26. The molecule has 2 heteroatoms. The second-order valence-electron chi connectivity index (χ2n) is 4.09. The van der Waals surface area contributed by atoms with Crippen molar-refractivity contribution in [1.29, 1.82) is 0 Å². The van der Waals surface area contributed by atoms with Crippen LogP contribution in [0.3, 0.4) is 0 Å². The zero-order valence-electron chi connectivity index (χ0n) is 8.08. The summed E-state index contributed by atoms with van der Waals surface area (Å²) >= 11 is 0. The van der Waals surface area contributed by atoms with E-state index in [1.807, 2.05) is 6.92 Å². The van der Waals surface area contributed by atoms with Gasteiger partial charge in [0.2, 0.25) is 0 Å². The molecular formula is C11H16O2. The SMILES string of the molecule is CC1=CC(=O)[C@H](C2CCCCC2)O1. The Labute approximate surface area is 79.0 Å². The molecule has 0 bridgehead atoms. The predicted octanol–water partition coefficient (Wildman–Crippen LogP) is 2.44. The molecule has 1 heterocycles. The summed E-state index contributed by atoms with van der Waals surface area (Å²) in [4.78, 5) is 11.5. The molecule has 1 atom stereocenters. The topological polar surface area (TPSA) is 26.3 Å². The first kappa shape index (κ1) is 8.79. The molecule has 13 heavy (non-hydrogen) atoms. The highest BCUT2D eigenvalue weighted by atomic mass is 16.5. The molecular weight excluding hydrogens is 164 g/mol. The summed E-state index contributed by atoms with van der Waals surface area (Å²) in [5.41, 5.74) is 0. The Hall–Kier alpha value is -0.790. The fourth-order valence-corrected chi connectivity index (χ4v) is 2.34. The van der Waals surface area contributed by atoms with E-state index < -0.39 is 0 Å². The van der Waals surface area contributed by atoms with Gasteiger partial charge in [-0.2, -0.15) is 0 Å². The van der Waals surface area contributed by atoms with Gasteiger partial charge in [0.1, 0.15) is 0 Å². The molecule has 1 aliphatic carbocycles. The van der Waals surface area contributed by atoms with E-state index in [0.29, 0.717) is 5.92 Å². The van der Waals surface area contributed by atoms with Crippen molar-refractivity contribution in [1.82, 2.24) is 0 Å². The molecule has 0 spiro atoms. The normalized spacial score (nSPS) is 30.1. The van der Waals surface area contributed by atoms with Crippen molar-refractivity contribution >= 4 is 5.78 Å². The van der Waals surface area contributed by atoms with Crippen LogP contribution in [0.25, 0.3) is 0 Å². The molecule has 0 aromatic heterocycles. The summed E-state index contributed by atoms with van der Waals surface area (Å²) in [5.74, 6) is 1.46. The van der Waals surface area contributed by atoms with Gasteiger partial charge in [0.25, 0.3) is 0 Å². The number of carbonyl (C=O) groups is 1. The number of rotatable bonds is 1. The Balaban J connectivity index is 1.98. The molecule has 0 unspecified atom stereocenters. The lowest BCUT2D eigenvalue weighted by Crippen LogP contribution is -2.28. The van der Waals surface area contributed by atoms with Crippen LogP contribution in [0.4, 0.5) is 0 Å². The number of hydrogen-bond acceptors (Lipinski definition) is 2. The Morgan fingerprint density at radius 3 is 2.54 bits per heavy atom. The molecule has 0 amide bonds. The van der Waals surface area contributed by atoms with Gasteiger partial charge in [0.15, 0.2) is 11.9 Å². The maximum Gasteiger partial charge on any atom is 0.199 e. The van der Waals surface area contributed by atoms with Gasteiger partial charge >= 0.3 is 0 Å². The monoisotopic (exact) mass is 180 g/mol. The Morgan fingerprint density at radius 1 is 1.31 bits per heavy atom. The Bertz CT molecular complexity index is 236. The molecule has 0 radical (unpaired) electrons. The van der Waals surface area contributed by atoms with E-state index in [1.165, 1.54) is 19.3 Å². The van der Waals surface area contributed by atoms with Crippen molar-refractivity contribution in [2.75, 3.05) is 0 Å². The third kappa shape index (κ3) is 1.77. The highest BCUT2D eigenvalue weighted by molar-refractivity contribution is 5.96. The lowest BCUT2D eigenvalue weighted by molar-refractivity contribution is -0.123. The van der Waals surface area contributed by atoms with Gasteiger partial charge in [-0.15, -0.1) is 0 Å². The van der Waals surface area contributed by atoms with E-state index in [4.69, 9.17) is 4.74 Å². The van der Waals surface area contributed by atoms with E-state index in [2.05, 4.69) is 0 Å². The standard InChI is InChI=1S/C11H16O2/c1-8-7-10(12)11(13-8)9-5-3-2-4-6-9/h7,9,11H,2-6H2,1H3/t11-/m0/s1. The van der Waals surface area contributed by atoms with Crippen LogP contribution in [-0.2, 0) is 9.53 Å². The van der Waals surface area contributed by atoms with Gasteiger partial charge in [-0.05, 0) is 19.8 Å². The minimum absolute atomic E-state index is 0.139. The average Bonchev–Trinajstić information content (AvgIpc) is 2.47. The number of ether oxygens (including phenoxy) is 1. The quantitative estimate of drug-likeness (QED) is 0.619. The summed E-state index contributed by atoms with van der Waals surface area (Å²) in [6.45, 7) is 1.86. The van der Waals surface area contributed by atoms with Crippen LogP contribution in [0.15, 0.2) is 11.8 Å². The van der Waals surface area contributed by atoms with Gasteiger partial charge in [0.05, 0.1) is 5.76 Å². The summed E-state index contributed by atoms with van der Waals surface area (Å²) in [7, 11) is 0. The maximum absolute atomic E-state index is 11.5. The molecule has 0 aromatic carbocycles. The molecule has 72 valence electrons. The first-order valence-corrected chi connectivity index (χ1v) is 5.16. The van der Waals surface area contributed by atoms with Gasteiger partial charge < -0.3 is 4.74 Å². The number of hydrogen-bond donors (Lipinski definition) is 0. The second kappa shape index (κ2) is 3.52. The third-order valence-electron chi connectivity index (χ3n) is 3.02. The van der Waals surface area contributed by atoms with E-state index in [9.17, 15) is 4.79 Å². The zero-order chi connectivity index (χ0) is 9.26. The smallest absolute Gasteiger partial charge is 0.199 e. The van der Waals surface area contributed by atoms with Crippen LogP contribution in [0.5, 0.6) is 0 Å². The molecule has 1 saturated carbocycles. The zero-order valence-corrected chi connectivity index (χ0v) is 8.08. The molecule has 0 saturated heterocycles. The molecule has 0 N–H and O–H groups in total. The third-order valence-corrected chi connectivity index (χ3v) is 3.02. The minimum atomic E-state index is -0.139. The van der Waals surface area contributed by atoms with Crippen LogP contribution >= 0.6 is 0 Å². The predicted molar refractivity (Wildman–Crippen MR) is 50.2 cm³/mol. The van der Waals surface area contributed by atoms with Crippen molar-refractivity contribution in [3.8, 4) is 0 Å². The second-order valence-corrected chi connectivity index (χ2v) is 4.09. The van der Waals surface area contributed by atoms with Gasteiger partial charge in [-0.3, -0.25) is 4.79 Å². The van der Waals surface area contributed by atoms with E-state index in [0.717, 1.165) is 18.6 Å². The highest BCUT2D eigenvalue weighted by Gasteiger charge is 2.33. The van der Waals surface area contributed by atoms with Crippen LogP contribution in [0, 0.1) is 5.92 Å². The first-order valence-electron chi connectivity index (χ1n) is 5.16. The molecule has 1 fully saturated rings. The molecule has 1 aliphatic heterocycles. The highest BCUT2D eigenvalue weighted by Crippen LogP contribution is 2.31. The van der Waals surface area contributed by atoms with Crippen molar-refractivity contribution in [2.24, 2.45) is 5.92 Å². The van der Waals surface area contributed by atoms with Crippen LogP contribution in [-0.4, -0.2) is 11.9 Å². The summed E-state index contributed by atoms with van der Waals surface area (Å²) in [6, 6.07) is 0. The maximum atomic E-state index is 11.5. The number of ketones is 1. The molecule has 2 rings (SSSR count). The fraction of sp³-hybridized carbons (Fsp3) is 0.727. The first-order chi connectivity index (χ1) is 6.27. The molecule has 2 aliphatic rings. The van der Waals surface area contributed by atoms with Crippen molar-refractivity contribution < 1.29 is 9.53 Å². The Kier molecular flexibility index (Phi) is 2.38. The summed E-state index contributed by atoms with van der Waals surface area (Å²) in [6.07, 6.45) is 7.67. The van der Waals surface area contributed by atoms with Crippen molar-refractivity contribution in [2.45, 2.75) is 45.1 Å². The van der Waals surface area contributed by atoms with Crippen molar-refractivity contribution in [3.63, 3.8) is 0 Å². The summed E-state index contributed by atoms with van der Waals surface area (Å²) < 4.78 is 5.52. The lowest BCUT2D eigenvalue weighted by atomic mass is 9.84. The van der Waals surface area contributed by atoms with Crippen molar-refractivity contribution in [3.05, 3.63) is 11.8 Å². The van der Waals surface area contributed by atoms with Crippen LogP contribution < -0.4 is 0 Å². The molecule has 0 aromatic rings. The van der Waals surface area contributed by atoms with Gasteiger partial charge in [0, 0.05) is 12.0 Å². The van der Waals surface area contributed by atoms with E-state index in [-0.39, 0.29) is 11.9 Å².